The van der Waals surface area contributed by atoms with Gasteiger partial charge in [-0.2, -0.15) is 0 Å². The van der Waals surface area contributed by atoms with Crippen LogP contribution in [-0.4, -0.2) is 39.9 Å². The van der Waals surface area contributed by atoms with Gasteiger partial charge in [0.15, 0.2) is 5.75 Å². The number of hydrogen-bond acceptors (Lipinski definition) is 4. The molecule has 118 valence electrons. The second-order valence-electron chi connectivity index (χ2n) is 5.23. The van der Waals surface area contributed by atoms with Crippen molar-refractivity contribution < 1.29 is 10.2 Å². The number of aliphatic hydroxyl groups is 1. The molecule has 1 aromatic heterocycles. The standard InChI is InChI=1S/C16H19ClN2O3/c1-18(6-7-20)10-14-8-15(21)16(22)11-19(14)9-12-2-4-13(17)5-3-12/h2-5,8,11,20,22H,6-7,9-10H2,1H3. The summed E-state index contributed by atoms with van der Waals surface area (Å²) in [5.74, 6) is -0.275. The van der Waals surface area contributed by atoms with E-state index in [1.165, 1.54) is 12.3 Å². The lowest BCUT2D eigenvalue weighted by Crippen LogP contribution is -2.25. The molecule has 6 heteroatoms. The van der Waals surface area contributed by atoms with Crippen molar-refractivity contribution >= 4 is 11.6 Å². The predicted molar refractivity (Wildman–Crippen MR) is 86.3 cm³/mol. The van der Waals surface area contributed by atoms with Crippen molar-refractivity contribution in [2.75, 3.05) is 20.2 Å². The number of aromatic hydroxyl groups is 1. The van der Waals surface area contributed by atoms with Gasteiger partial charge in [-0.3, -0.25) is 9.69 Å². The van der Waals surface area contributed by atoms with Gasteiger partial charge in [-0.15, -0.1) is 0 Å². The molecule has 1 aromatic carbocycles. The Labute approximate surface area is 134 Å². The Morgan fingerprint density at radius 1 is 1.27 bits per heavy atom. The molecule has 0 unspecified atom stereocenters. The molecule has 5 nitrogen and oxygen atoms in total. The first-order valence-electron chi connectivity index (χ1n) is 6.96. The number of benzene rings is 1. The minimum absolute atomic E-state index is 0.0516. The summed E-state index contributed by atoms with van der Waals surface area (Å²) in [5.41, 5.74) is 1.38. The monoisotopic (exact) mass is 322 g/mol. The molecule has 0 radical (unpaired) electrons. The second-order valence-corrected chi connectivity index (χ2v) is 5.67. The van der Waals surface area contributed by atoms with Gasteiger partial charge in [-0.05, 0) is 24.7 Å². The number of nitrogens with zero attached hydrogens (tertiary/aromatic N) is 2. The van der Waals surface area contributed by atoms with Crippen molar-refractivity contribution in [2.45, 2.75) is 13.1 Å². The van der Waals surface area contributed by atoms with Gasteiger partial charge in [0, 0.05) is 36.4 Å². The van der Waals surface area contributed by atoms with E-state index in [9.17, 15) is 9.90 Å². The average Bonchev–Trinajstić information content (AvgIpc) is 2.47. The Bertz CT molecular complexity index is 683. The highest BCUT2D eigenvalue weighted by atomic mass is 35.5. The number of aromatic nitrogens is 1. The van der Waals surface area contributed by atoms with E-state index in [0.717, 1.165) is 11.3 Å². The van der Waals surface area contributed by atoms with Gasteiger partial charge >= 0.3 is 0 Å². The molecule has 2 N–H and O–H groups in total. The first-order chi connectivity index (χ1) is 10.5. The van der Waals surface area contributed by atoms with Gasteiger partial charge in [-0.1, -0.05) is 23.7 Å². The fourth-order valence-electron chi connectivity index (χ4n) is 2.20. The largest absolute Gasteiger partial charge is 0.503 e. The summed E-state index contributed by atoms with van der Waals surface area (Å²) < 4.78 is 1.83. The summed E-state index contributed by atoms with van der Waals surface area (Å²) in [6, 6.07) is 8.84. The van der Waals surface area contributed by atoms with Crippen molar-refractivity contribution in [1.82, 2.24) is 9.47 Å². The van der Waals surface area contributed by atoms with E-state index >= 15 is 0 Å². The molecule has 1 heterocycles. The molecule has 0 saturated carbocycles. The lowest BCUT2D eigenvalue weighted by Gasteiger charge is -2.19. The Kier molecular flexibility index (Phi) is 5.60. The zero-order chi connectivity index (χ0) is 16.1. The smallest absolute Gasteiger partial charge is 0.223 e. The Morgan fingerprint density at radius 3 is 2.59 bits per heavy atom. The van der Waals surface area contributed by atoms with Crippen LogP contribution < -0.4 is 5.43 Å². The van der Waals surface area contributed by atoms with Crippen LogP contribution in [-0.2, 0) is 13.1 Å². The minimum atomic E-state index is -0.403. The van der Waals surface area contributed by atoms with Crippen LogP contribution in [0.5, 0.6) is 5.75 Å². The fraction of sp³-hybridized carbons (Fsp3) is 0.312. The van der Waals surface area contributed by atoms with Gasteiger partial charge in [-0.25, -0.2) is 0 Å². The number of rotatable bonds is 6. The van der Waals surface area contributed by atoms with Crippen molar-refractivity contribution in [3.05, 3.63) is 63.0 Å². The predicted octanol–water partition coefficient (Wildman–Crippen LogP) is 1.68. The van der Waals surface area contributed by atoms with Crippen molar-refractivity contribution in [1.29, 1.82) is 0 Å². The summed E-state index contributed by atoms with van der Waals surface area (Å²) in [5, 5.41) is 19.3. The third-order valence-corrected chi connectivity index (χ3v) is 3.63. The van der Waals surface area contributed by atoms with E-state index in [2.05, 4.69) is 0 Å². The molecule has 0 aliphatic rings. The zero-order valence-electron chi connectivity index (χ0n) is 12.4. The molecule has 2 aromatic rings. The highest BCUT2D eigenvalue weighted by Gasteiger charge is 2.09. The quantitative estimate of drug-likeness (QED) is 0.849. The Morgan fingerprint density at radius 2 is 1.95 bits per heavy atom. The average molecular weight is 323 g/mol. The molecule has 0 amide bonds. The molecular weight excluding hydrogens is 304 g/mol. The third kappa shape index (κ3) is 4.34. The topological polar surface area (TPSA) is 65.7 Å². The first-order valence-corrected chi connectivity index (χ1v) is 7.33. The summed E-state index contributed by atoms with van der Waals surface area (Å²) in [4.78, 5) is 13.6. The second kappa shape index (κ2) is 7.45. The molecule has 0 fully saturated rings. The summed E-state index contributed by atoms with van der Waals surface area (Å²) in [6.45, 7) is 1.59. The Hall–Kier alpha value is -1.82. The van der Waals surface area contributed by atoms with Crippen LogP contribution in [0.3, 0.4) is 0 Å². The van der Waals surface area contributed by atoms with E-state index in [4.69, 9.17) is 16.7 Å². The molecule has 2 rings (SSSR count). The summed E-state index contributed by atoms with van der Waals surface area (Å²) in [7, 11) is 1.86. The van der Waals surface area contributed by atoms with E-state index in [1.807, 2.05) is 28.6 Å². The van der Waals surface area contributed by atoms with Crippen LogP contribution in [0.2, 0.25) is 5.02 Å². The lowest BCUT2D eigenvalue weighted by molar-refractivity contribution is 0.214. The molecule has 0 atom stereocenters. The van der Waals surface area contributed by atoms with Gasteiger partial charge < -0.3 is 14.8 Å². The van der Waals surface area contributed by atoms with Crippen molar-refractivity contribution in [3.63, 3.8) is 0 Å². The van der Waals surface area contributed by atoms with Gasteiger partial charge in [0.2, 0.25) is 5.43 Å². The zero-order valence-corrected chi connectivity index (χ0v) is 13.1. The van der Waals surface area contributed by atoms with Crippen LogP contribution in [0.4, 0.5) is 0 Å². The lowest BCUT2D eigenvalue weighted by atomic mass is 10.2. The van der Waals surface area contributed by atoms with E-state index < -0.39 is 5.43 Å². The van der Waals surface area contributed by atoms with E-state index in [-0.39, 0.29) is 12.4 Å². The van der Waals surface area contributed by atoms with Crippen LogP contribution in [0.1, 0.15) is 11.3 Å². The fourth-order valence-corrected chi connectivity index (χ4v) is 2.32. The van der Waals surface area contributed by atoms with E-state index in [1.54, 1.807) is 12.1 Å². The SMILES string of the molecule is CN(CCO)Cc1cc(=O)c(O)cn1Cc1ccc(Cl)cc1. The summed E-state index contributed by atoms with van der Waals surface area (Å²) >= 11 is 5.88. The van der Waals surface area contributed by atoms with Gasteiger partial charge in [0.1, 0.15) is 0 Å². The number of pyridine rings is 1. The van der Waals surface area contributed by atoms with Gasteiger partial charge in [0.05, 0.1) is 12.8 Å². The maximum atomic E-state index is 11.7. The number of halogens is 1. The molecule has 0 aliphatic carbocycles. The first kappa shape index (κ1) is 16.5. The molecule has 0 spiro atoms. The molecule has 0 aliphatic heterocycles. The number of likely N-dealkylation sites (N-methyl/N-ethyl adjacent to an activating group) is 1. The van der Waals surface area contributed by atoms with Crippen molar-refractivity contribution in [2.24, 2.45) is 0 Å². The normalized spacial score (nSPS) is 11.1. The molecule has 0 bridgehead atoms. The van der Waals surface area contributed by atoms with Crippen LogP contribution in [0.25, 0.3) is 0 Å². The third-order valence-electron chi connectivity index (χ3n) is 3.38. The Balaban J connectivity index is 2.29. The summed E-state index contributed by atoms with van der Waals surface area (Å²) in [6.07, 6.45) is 1.44. The molecular formula is C16H19ClN2O3. The maximum Gasteiger partial charge on any atom is 0.223 e. The van der Waals surface area contributed by atoms with Crippen LogP contribution in [0, 0.1) is 0 Å². The number of hydrogen-bond donors (Lipinski definition) is 2. The highest BCUT2D eigenvalue weighted by molar-refractivity contribution is 6.30. The van der Waals surface area contributed by atoms with Crippen LogP contribution in [0.15, 0.2) is 41.3 Å². The minimum Gasteiger partial charge on any atom is -0.503 e. The van der Waals surface area contributed by atoms with E-state index in [0.29, 0.717) is 24.7 Å². The number of aliphatic hydroxyl groups excluding tert-OH is 1. The molecule has 0 saturated heterocycles. The van der Waals surface area contributed by atoms with Crippen LogP contribution >= 0.6 is 11.6 Å². The van der Waals surface area contributed by atoms with Crippen molar-refractivity contribution in [3.8, 4) is 5.75 Å². The molecule has 22 heavy (non-hydrogen) atoms. The van der Waals surface area contributed by atoms with Gasteiger partial charge in [0.25, 0.3) is 0 Å². The highest BCUT2D eigenvalue weighted by Crippen LogP contribution is 2.14. The maximum absolute atomic E-state index is 11.7.